The van der Waals surface area contributed by atoms with Crippen LogP contribution in [0.2, 0.25) is 0 Å². The molecule has 6 nitrogen and oxygen atoms in total. The Kier molecular flexibility index (Phi) is 4.49. The summed E-state index contributed by atoms with van der Waals surface area (Å²) in [6.07, 6.45) is 0.990. The lowest BCUT2D eigenvalue weighted by Crippen LogP contribution is -2.42. The van der Waals surface area contributed by atoms with Crippen molar-refractivity contribution in [2.45, 2.75) is 19.4 Å². The van der Waals surface area contributed by atoms with E-state index in [1.807, 2.05) is 16.8 Å². The molecule has 0 aromatic carbocycles. The fraction of sp³-hybridized carbons (Fsp3) is 0.375. The summed E-state index contributed by atoms with van der Waals surface area (Å²) in [7, 11) is 0. The van der Waals surface area contributed by atoms with Gasteiger partial charge in [0, 0.05) is 12.1 Å². The van der Waals surface area contributed by atoms with E-state index in [9.17, 15) is 9.59 Å². The second-order valence-electron chi connectivity index (χ2n) is 5.45. The fourth-order valence-corrected chi connectivity index (χ4v) is 3.41. The van der Waals surface area contributed by atoms with Crippen LogP contribution in [0.3, 0.4) is 0 Å². The van der Waals surface area contributed by atoms with Crippen molar-refractivity contribution in [2.24, 2.45) is 0 Å². The number of hydrogen-bond donors (Lipinski definition) is 1. The van der Waals surface area contributed by atoms with Gasteiger partial charge in [0.1, 0.15) is 18.3 Å². The van der Waals surface area contributed by atoms with E-state index in [2.05, 4.69) is 0 Å². The molecule has 2 aromatic rings. The summed E-state index contributed by atoms with van der Waals surface area (Å²) in [5, 5.41) is 12.9. The minimum atomic E-state index is -1.02. The van der Waals surface area contributed by atoms with Crippen molar-refractivity contribution in [1.29, 1.82) is 0 Å². The zero-order valence-electron chi connectivity index (χ0n) is 12.7. The number of carbonyl (C=O) groups excluding carboxylic acids is 1. The highest BCUT2D eigenvalue weighted by molar-refractivity contribution is 7.07. The van der Waals surface area contributed by atoms with Crippen LogP contribution in [-0.4, -0.2) is 41.6 Å². The van der Waals surface area contributed by atoms with Crippen LogP contribution in [0.5, 0.6) is 0 Å². The quantitative estimate of drug-likeness (QED) is 0.928. The SMILES string of the molecule is Cc1coc(CC(=O)O)c1C(=O)N1CCOC(c2ccsc2)C1. The van der Waals surface area contributed by atoms with Crippen LogP contribution in [0.25, 0.3) is 0 Å². The number of amides is 1. The van der Waals surface area contributed by atoms with E-state index in [-0.39, 0.29) is 24.2 Å². The maximum absolute atomic E-state index is 12.8. The van der Waals surface area contributed by atoms with Crippen LogP contribution >= 0.6 is 11.3 Å². The molecule has 0 saturated carbocycles. The van der Waals surface area contributed by atoms with Crippen molar-refractivity contribution < 1.29 is 23.8 Å². The van der Waals surface area contributed by atoms with Gasteiger partial charge in [-0.2, -0.15) is 11.3 Å². The van der Waals surface area contributed by atoms with Gasteiger partial charge in [-0.05, 0) is 29.3 Å². The number of carboxylic acids is 1. The Bertz CT molecular complexity index is 706. The zero-order valence-corrected chi connectivity index (χ0v) is 13.5. The van der Waals surface area contributed by atoms with Gasteiger partial charge in [0.05, 0.1) is 25.0 Å². The lowest BCUT2D eigenvalue weighted by Gasteiger charge is -2.33. The minimum absolute atomic E-state index is 0.144. The second kappa shape index (κ2) is 6.55. The molecule has 0 bridgehead atoms. The first-order valence-corrected chi connectivity index (χ1v) is 8.22. The van der Waals surface area contributed by atoms with Crippen LogP contribution in [0.4, 0.5) is 0 Å². The van der Waals surface area contributed by atoms with Crippen molar-refractivity contribution in [1.82, 2.24) is 4.90 Å². The molecule has 1 saturated heterocycles. The lowest BCUT2D eigenvalue weighted by molar-refractivity contribution is -0.136. The number of furan rings is 1. The third-order valence-corrected chi connectivity index (χ3v) is 4.55. The van der Waals surface area contributed by atoms with Gasteiger partial charge in [-0.15, -0.1) is 0 Å². The van der Waals surface area contributed by atoms with Crippen LogP contribution in [0.15, 0.2) is 27.5 Å². The predicted molar refractivity (Wildman–Crippen MR) is 83.7 cm³/mol. The summed E-state index contributed by atoms with van der Waals surface area (Å²) in [5.41, 5.74) is 2.07. The van der Waals surface area contributed by atoms with Gasteiger partial charge in [-0.1, -0.05) is 0 Å². The smallest absolute Gasteiger partial charge is 0.311 e. The van der Waals surface area contributed by atoms with E-state index < -0.39 is 5.97 Å². The van der Waals surface area contributed by atoms with Gasteiger partial charge in [-0.25, -0.2) is 0 Å². The molecule has 1 aliphatic rings. The number of rotatable bonds is 4. The molecular formula is C16H17NO5S. The molecule has 1 amide bonds. The largest absolute Gasteiger partial charge is 0.481 e. The molecule has 122 valence electrons. The number of ether oxygens (including phenoxy) is 1. The summed E-state index contributed by atoms with van der Waals surface area (Å²) >= 11 is 1.59. The van der Waals surface area contributed by atoms with Gasteiger partial charge < -0.3 is 19.2 Å². The Morgan fingerprint density at radius 3 is 3.00 bits per heavy atom. The number of hydrogen-bond acceptors (Lipinski definition) is 5. The Balaban J connectivity index is 1.80. The molecule has 1 N–H and O–H groups in total. The third kappa shape index (κ3) is 3.30. The molecule has 7 heteroatoms. The van der Waals surface area contributed by atoms with Crippen LogP contribution in [0.1, 0.15) is 33.3 Å². The van der Waals surface area contributed by atoms with Crippen molar-refractivity contribution >= 4 is 23.2 Å². The van der Waals surface area contributed by atoms with E-state index >= 15 is 0 Å². The lowest BCUT2D eigenvalue weighted by atomic mass is 10.1. The van der Waals surface area contributed by atoms with Gasteiger partial charge >= 0.3 is 5.97 Å². The van der Waals surface area contributed by atoms with Crippen LogP contribution in [0, 0.1) is 6.92 Å². The molecule has 1 fully saturated rings. The Labute approximate surface area is 137 Å². The summed E-state index contributed by atoms with van der Waals surface area (Å²) in [4.78, 5) is 25.5. The van der Waals surface area contributed by atoms with Gasteiger partial charge in [0.25, 0.3) is 5.91 Å². The predicted octanol–water partition coefficient (Wildman–Crippen LogP) is 2.49. The number of carbonyl (C=O) groups is 2. The number of thiophene rings is 1. The summed E-state index contributed by atoms with van der Waals surface area (Å²) < 4.78 is 11.0. The maximum atomic E-state index is 12.8. The van der Waals surface area contributed by atoms with Crippen LogP contribution in [-0.2, 0) is 16.0 Å². The van der Waals surface area contributed by atoms with E-state index in [1.165, 1.54) is 6.26 Å². The zero-order chi connectivity index (χ0) is 16.4. The molecular weight excluding hydrogens is 318 g/mol. The number of carboxylic acid groups (broad SMARTS) is 1. The third-order valence-electron chi connectivity index (χ3n) is 3.85. The first-order chi connectivity index (χ1) is 11.1. The van der Waals surface area contributed by atoms with Crippen molar-refractivity contribution in [3.63, 3.8) is 0 Å². The number of aryl methyl sites for hydroxylation is 1. The first kappa shape index (κ1) is 15.8. The number of morpholine rings is 1. The average molecular weight is 335 g/mol. The molecule has 0 aliphatic carbocycles. The topological polar surface area (TPSA) is 80.0 Å². The Hall–Kier alpha value is -2.12. The molecule has 2 aromatic heterocycles. The van der Waals surface area contributed by atoms with Crippen molar-refractivity contribution in [3.05, 3.63) is 45.5 Å². The fourth-order valence-electron chi connectivity index (χ4n) is 2.70. The summed E-state index contributed by atoms with van der Waals surface area (Å²) in [6.45, 7) is 3.14. The highest BCUT2D eigenvalue weighted by atomic mass is 32.1. The van der Waals surface area contributed by atoms with Gasteiger partial charge in [-0.3, -0.25) is 9.59 Å². The highest BCUT2D eigenvalue weighted by Crippen LogP contribution is 2.27. The molecule has 3 rings (SSSR count). The van der Waals surface area contributed by atoms with Gasteiger partial charge in [0.2, 0.25) is 0 Å². The monoisotopic (exact) mass is 335 g/mol. The molecule has 1 unspecified atom stereocenters. The molecule has 3 heterocycles. The molecule has 0 radical (unpaired) electrons. The number of nitrogens with zero attached hydrogens (tertiary/aromatic N) is 1. The normalized spacial score (nSPS) is 18.1. The first-order valence-electron chi connectivity index (χ1n) is 7.28. The molecule has 1 aliphatic heterocycles. The van der Waals surface area contributed by atoms with E-state index in [1.54, 1.807) is 23.2 Å². The number of aliphatic carboxylic acids is 1. The standard InChI is InChI=1S/C16H17NO5S/c1-10-8-22-12(6-14(18)19)15(10)16(20)17-3-4-21-13(7-17)11-2-5-23-9-11/h2,5,8-9,13H,3-4,6-7H2,1H3,(H,18,19). The maximum Gasteiger partial charge on any atom is 0.311 e. The van der Waals surface area contributed by atoms with Crippen LogP contribution < -0.4 is 0 Å². The van der Waals surface area contributed by atoms with Gasteiger partial charge in [0.15, 0.2) is 0 Å². The summed E-state index contributed by atoms with van der Waals surface area (Å²) in [5.74, 6) is -1.01. The van der Waals surface area contributed by atoms with Crippen molar-refractivity contribution in [2.75, 3.05) is 19.7 Å². The second-order valence-corrected chi connectivity index (χ2v) is 6.23. The molecule has 1 atom stereocenters. The van der Waals surface area contributed by atoms with Crippen molar-refractivity contribution in [3.8, 4) is 0 Å². The van der Waals surface area contributed by atoms with E-state index in [0.717, 1.165) is 5.56 Å². The Morgan fingerprint density at radius 2 is 2.30 bits per heavy atom. The molecule has 23 heavy (non-hydrogen) atoms. The van der Waals surface area contributed by atoms with E-state index in [0.29, 0.717) is 30.8 Å². The Morgan fingerprint density at radius 1 is 1.48 bits per heavy atom. The highest BCUT2D eigenvalue weighted by Gasteiger charge is 2.30. The minimum Gasteiger partial charge on any atom is -0.481 e. The average Bonchev–Trinajstić information content (AvgIpc) is 3.17. The summed E-state index contributed by atoms with van der Waals surface area (Å²) in [6, 6.07) is 1.99. The van der Waals surface area contributed by atoms with E-state index in [4.69, 9.17) is 14.3 Å². The molecule has 0 spiro atoms.